The maximum absolute atomic E-state index is 9.78. The van der Waals surface area contributed by atoms with Gasteiger partial charge in [-0.05, 0) is 38.1 Å². The highest BCUT2D eigenvalue weighted by Gasteiger charge is 2.10. The highest BCUT2D eigenvalue weighted by Crippen LogP contribution is 2.28. The van der Waals surface area contributed by atoms with E-state index in [9.17, 15) is 5.11 Å². The summed E-state index contributed by atoms with van der Waals surface area (Å²) in [6, 6.07) is 5.34. The summed E-state index contributed by atoms with van der Waals surface area (Å²) >= 11 is 0. The third kappa shape index (κ3) is 4.24. The number of phenols is 1. The lowest BCUT2D eigenvalue weighted by atomic mass is 10.1. The van der Waals surface area contributed by atoms with Crippen molar-refractivity contribution in [1.29, 1.82) is 0 Å². The van der Waals surface area contributed by atoms with E-state index in [-0.39, 0.29) is 11.8 Å². The van der Waals surface area contributed by atoms with Gasteiger partial charge in [-0.1, -0.05) is 0 Å². The Hall–Kier alpha value is -1.26. The van der Waals surface area contributed by atoms with Crippen LogP contribution in [-0.2, 0) is 4.74 Å². The van der Waals surface area contributed by atoms with E-state index in [0.717, 1.165) is 30.9 Å². The first kappa shape index (κ1) is 13.8. The van der Waals surface area contributed by atoms with Gasteiger partial charge in [0.05, 0.1) is 7.11 Å². The van der Waals surface area contributed by atoms with Gasteiger partial charge >= 0.3 is 0 Å². The Bertz CT molecular complexity index is 341. The van der Waals surface area contributed by atoms with Crippen molar-refractivity contribution in [2.75, 3.05) is 27.4 Å². The number of methoxy groups -OCH3 is 2. The molecule has 1 rings (SSSR count). The normalized spacial score (nSPS) is 12.4. The standard InChI is InChI=1S/C13H21NO3/c1-10(14-7-4-8-16-2)12-9-11(17-3)5-6-13(12)15/h5-6,9-10,14-15H,4,7-8H2,1-3H3. The van der Waals surface area contributed by atoms with Crippen LogP contribution in [0.5, 0.6) is 11.5 Å². The van der Waals surface area contributed by atoms with E-state index in [1.54, 1.807) is 26.4 Å². The molecule has 0 fully saturated rings. The van der Waals surface area contributed by atoms with Crippen LogP contribution in [0.3, 0.4) is 0 Å². The third-order valence-electron chi connectivity index (χ3n) is 2.68. The SMILES string of the molecule is COCCCNC(C)c1cc(OC)ccc1O. The van der Waals surface area contributed by atoms with Gasteiger partial charge < -0.3 is 19.9 Å². The molecule has 0 aliphatic rings. The molecule has 0 aliphatic heterocycles. The number of rotatable bonds is 7. The van der Waals surface area contributed by atoms with Gasteiger partial charge in [-0.15, -0.1) is 0 Å². The molecule has 4 nitrogen and oxygen atoms in total. The number of hydrogen-bond donors (Lipinski definition) is 2. The molecule has 0 saturated heterocycles. The average molecular weight is 239 g/mol. The van der Waals surface area contributed by atoms with Gasteiger partial charge in [0.25, 0.3) is 0 Å². The van der Waals surface area contributed by atoms with E-state index in [1.807, 2.05) is 13.0 Å². The van der Waals surface area contributed by atoms with E-state index >= 15 is 0 Å². The van der Waals surface area contributed by atoms with Crippen molar-refractivity contribution in [3.63, 3.8) is 0 Å². The largest absolute Gasteiger partial charge is 0.508 e. The lowest BCUT2D eigenvalue weighted by Gasteiger charge is -2.16. The highest BCUT2D eigenvalue weighted by atomic mass is 16.5. The molecule has 4 heteroatoms. The zero-order chi connectivity index (χ0) is 12.7. The third-order valence-corrected chi connectivity index (χ3v) is 2.68. The molecule has 0 heterocycles. The Kier molecular flexibility index (Phi) is 5.80. The topological polar surface area (TPSA) is 50.7 Å². The predicted octanol–water partition coefficient (Wildman–Crippen LogP) is 2.09. The van der Waals surface area contributed by atoms with Crippen LogP contribution in [0.25, 0.3) is 0 Å². The molecule has 0 radical (unpaired) electrons. The Morgan fingerprint density at radius 3 is 2.76 bits per heavy atom. The molecule has 1 atom stereocenters. The average Bonchev–Trinajstić information content (AvgIpc) is 2.35. The quantitative estimate of drug-likeness (QED) is 0.715. The minimum absolute atomic E-state index is 0.0851. The first-order valence-electron chi connectivity index (χ1n) is 5.78. The van der Waals surface area contributed by atoms with Crippen LogP contribution in [0.4, 0.5) is 0 Å². The fraction of sp³-hybridized carbons (Fsp3) is 0.538. The monoisotopic (exact) mass is 239 g/mol. The summed E-state index contributed by atoms with van der Waals surface area (Å²) in [4.78, 5) is 0. The molecule has 0 aromatic heterocycles. The van der Waals surface area contributed by atoms with E-state index in [0.29, 0.717) is 0 Å². The number of benzene rings is 1. The van der Waals surface area contributed by atoms with Crippen LogP contribution < -0.4 is 10.1 Å². The summed E-state index contributed by atoms with van der Waals surface area (Å²) in [6.07, 6.45) is 0.950. The van der Waals surface area contributed by atoms with E-state index in [2.05, 4.69) is 5.32 Å². The van der Waals surface area contributed by atoms with Crippen molar-refractivity contribution in [1.82, 2.24) is 5.32 Å². The number of aromatic hydroxyl groups is 1. The van der Waals surface area contributed by atoms with Crippen molar-refractivity contribution < 1.29 is 14.6 Å². The lowest BCUT2D eigenvalue weighted by Crippen LogP contribution is -2.21. The fourth-order valence-corrected chi connectivity index (χ4v) is 1.65. The zero-order valence-electron chi connectivity index (χ0n) is 10.7. The molecule has 0 amide bonds. The van der Waals surface area contributed by atoms with Gasteiger partial charge in [0.2, 0.25) is 0 Å². The highest BCUT2D eigenvalue weighted by molar-refractivity contribution is 5.41. The van der Waals surface area contributed by atoms with Gasteiger partial charge in [-0.3, -0.25) is 0 Å². The molecule has 17 heavy (non-hydrogen) atoms. The first-order valence-corrected chi connectivity index (χ1v) is 5.78. The fourth-order valence-electron chi connectivity index (χ4n) is 1.65. The van der Waals surface area contributed by atoms with E-state index in [4.69, 9.17) is 9.47 Å². The van der Waals surface area contributed by atoms with Crippen LogP contribution >= 0.6 is 0 Å². The van der Waals surface area contributed by atoms with E-state index < -0.39 is 0 Å². The molecular formula is C13H21NO3. The van der Waals surface area contributed by atoms with Crippen molar-refractivity contribution in [2.45, 2.75) is 19.4 Å². The second-order valence-corrected chi connectivity index (χ2v) is 3.95. The molecule has 2 N–H and O–H groups in total. The molecule has 96 valence electrons. The summed E-state index contributed by atoms with van der Waals surface area (Å²) in [5.41, 5.74) is 0.849. The second kappa shape index (κ2) is 7.14. The van der Waals surface area contributed by atoms with Gasteiger partial charge in [-0.25, -0.2) is 0 Å². The van der Waals surface area contributed by atoms with Gasteiger partial charge in [0.15, 0.2) is 0 Å². The van der Waals surface area contributed by atoms with Gasteiger partial charge in [0.1, 0.15) is 11.5 Å². The van der Waals surface area contributed by atoms with Crippen molar-refractivity contribution in [3.8, 4) is 11.5 Å². The molecular weight excluding hydrogens is 218 g/mol. The van der Waals surface area contributed by atoms with Gasteiger partial charge in [0, 0.05) is 25.3 Å². The number of phenolic OH excluding ortho intramolecular Hbond substituents is 1. The Morgan fingerprint density at radius 1 is 1.35 bits per heavy atom. The Labute approximate surface area is 103 Å². The summed E-state index contributed by atoms with van der Waals surface area (Å²) in [5.74, 6) is 1.04. The minimum Gasteiger partial charge on any atom is -0.508 e. The Morgan fingerprint density at radius 2 is 2.12 bits per heavy atom. The number of nitrogens with one attached hydrogen (secondary N) is 1. The molecule has 0 aliphatic carbocycles. The van der Waals surface area contributed by atoms with Crippen LogP contribution in [0.1, 0.15) is 24.9 Å². The zero-order valence-corrected chi connectivity index (χ0v) is 10.7. The van der Waals surface area contributed by atoms with Crippen LogP contribution in [0, 0.1) is 0 Å². The van der Waals surface area contributed by atoms with Crippen LogP contribution in [0.15, 0.2) is 18.2 Å². The summed E-state index contributed by atoms with van der Waals surface area (Å²) in [5, 5.41) is 13.1. The molecule has 0 spiro atoms. The molecule has 1 aromatic carbocycles. The molecule has 0 saturated carbocycles. The summed E-state index contributed by atoms with van der Waals surface area (Å²) < 4.78 is 10.1. The number of ether oxygens (including phenoxy) is 2. The van der Waals surface area contributed by atoms with E-state index in [1.165, 1.54) is 0 Å². The van der Waals surface area contributed by atoms with Crippen LogP contribution in [-0.4, -0.2) is 32.5 Å². The van der Waals surface area contributed by atoms with Crippen LogP contribution in [0.2, 0.25) is 0 Å². The molecule has 0 bridgehead atoms. The maximum atomic E-state index is 9.78. The van der Waals surface area contributed by atoms with Crippen molar-refractivity contribution >= 4 is 0 Å². The summed E-state index contributed by atoms with van der Waals surface area (Å²) in [7, 11) is 3.31. The summed E-state index contributed by atoms with van der Waals surface area (Å²) in [6.45, 7) is 3.61. The molecule has 1 aromatic rings. The molecule has 1 unspecified atom stereocenters. The maximum Gasteiger partial charge on any atom is 0.120 e. The minimum atomic E-state index is 0.0851. The Balaban J connectivity index is 2.57. The van der Waals surface area contributed by atoms with Crippen molar-refractivity contribution in [2.24, 2.45) is 0 Å². The number of hydrogen-bond acceptors (Lipinski definition) is 4. The predicted molar refractivity (Wildman–Crippen MR) is 67.6 cm³/mol. The lowest BCUT2D eigenvalue weighted by molar-refractivity contribution is 0.193. The van der Waals surface area contributed by atoms with Crippen molar-refractivity contribution in [3.05, 3.63) is 23.8 Å². The first-order chi connectivity index (χ1) is 8.19. The smallest absolute Gasteiger partial charge is 0.120 e. The van der Waals surface area contributed by atoms with Gasteiger partial charge in [-0.2, -0.15) is 0 Å². The second-order valence-electron chi connectivity index (χ2n) is 3.95.